The van der Waals surface area contributed by atoms with Crippen LogP contribution in [0.1, 0.15) is 24.2 Å². The van der Waals surface area contributed by atoms with Crippen LogP contribution in [0.15, 0.2) is 77.7 Å². The molecule has 0 aromatic heterocycles. The van der Waals surface area contributed by atoms with Crippen LogP contribution in [0.3, 0.4) is 0 Å². The molecule has 1 atom stereocenters. The number of carbonyl (C=O) groups excluding carboxylic acids is 2. The van der Waals surface area contributed by atoms with Crippen molar-refractivity contribution in [1.29, 1.82) is 0 Å². The molecule has 3 rings (SSSR count). The molecule has 3 aromatic rings. The lowest BCUT2D eigenvalue weighted by atomic mass is 10.1. The van der Waals surface area contributed by atoms with Gasteiger partial charge in [0.05, 0.1) is 10.9 Å². The molecule has 8 heteroatoms. The Hall–Kier alpha value is -3.23. The van der Waals surface area contributed by atoms with Gasteiger partial charge in [0.2, 0.25) is 5.91 Å². The first kappa shape index (κ1) is 23.4. The first-order valence-corrected chi connectivity index (χ1v) is 11.1. The normalized spacial score (nSPS) is 11.3. The summed E-state index contributed by atoms with van der Waals surface area (Å²) in [6.07, 6.45) is 0. The van der Waals surface area contributed by atoms with Crippen molar-refractivity contribution in [2.24, 2.45) is 0 Å². The van der Waals surface area contributed by atoms with Gasteiger partial charge in [0.25, 0.3) is 0 Å². The summed E-state index contributed by atoms with van der Waals surface area (Å²) in [6.45, 7) is 3.28. The minimum Gasteiger partial charge on any atom is -0.332 e. The first-order chi connectivity index (χ1) is 15.3. The number of halogens is 1. The van der Waals surface area contributed by atoms with Crippen LogP contribution >= 0.6 is 24.0 Å². The highest BCUT2D eigenvalue weighted by atomic mass is 32.2. The van der Waals surface area contributed by atoms with Crippen LogP contribution in [0.4, 0.5) is 21.5 Å². The van der Waals surface area contributed by atoms with E-state index in [0.29, 0.717) is 10.7 Å². The van der Waals surface area contributed by atoms with Gasteiger partial charge in [-0.2, -0.15) is 0 Å². The van der Waals surface area contributed by atoms with Crippen LogP contribution in [0.25, 0.3) is 0 Å². The minimum absolute atomic E-state index is 0.00313. The monoisotopic (exact) mass is 467 g/mol. The Morgan fingerprint density at radius 1 is 0.906 bits per heavy atom. The third-order valence-corrected chi connectivity index (χ3v) is 5.75. The fourth-order valence-electron chi connectivity index (χ4n) is 2.78. The van der Waals surface area contributed by atoms with Crippen molar-refractivity contribution in [3.63, 3.8) is 0 Å². The number of rotatable bonds is 7. The Balaban J connectivity index is 1.57. The fraction of sp³-hybridized carbons (Fsp3) is 0.125. The molecule has 1 unspecified atom stereocenters. The molecular formula is C24H22FN3O2S2. The Kier molecular flexibility index (Phi) is 7.97. The lowest BCUT2D eigenvalue weighted by Gasteiger charge is -2.14. The van der Waals surface area contributed by atoms with E-state index in [4.69, 9.17) is 12.2 Å². The molecule has 3 aromatic carbocycles. The molecule has 0 aliphatic rings. The van der Waals surface area contributed by atoms with Crippen molar-refractivity contribution in [1.82, 2.24) is 0 Å². The molecule has 0 radical (unpaired) electrons. The molecule has 0 fully saturated rings. The van der Waals surface area contributed by atoms with E-state index < -0.39 is 11.1 Å². The quantitative estimate of drug-likeness (QED) is 0.226. The second-order valence-electron chi connectivity index (χ2n) is 6.97. The zero-order valence-corrected chi connectivity index (χ0v) is 19.1. The number of thioether (sulfide) groups is 1. The predicted molar refractivity (Wildman–Crippen MR) is 133 cm³/mol. The van der Waals surface area contributed by atoms with E-state index in [2.05, 4.69) is 16.0 Å². The van der Waals surface area contributed by atoms with Gasteiger partial charge in [-0.25, -0.2) is 4.39 Å². The summed E-state index contributed by atoms with van der Waals surface area (Å²) < 4.78 is 13.8. The van der Waals surface area contributed by atoms with Crippen molar-refractivity contribution < 1.29 is 14.0 Å². The van der Waals surface area contributed by atoms with Gasteiger partial charge in [0, 0.05) is 21.8 Å². The number of amides is 1. The SMILES string of the molecule is CC(=O)c1ccc(NC(=S)Nc2cccc(SC(C)C(=O)Nc3ccccc3F)c2)cc1. The van der Waals surface area contributed by atoms with Crippen molar-refractivity contribution in [2.45, 2.75) is 24.0 Å². The largest absolute Gasteiger partial charge is 0.332 e. The van der Waals surface area contributed by atoms with Crippen LogP contribution in [0.5, 0.6) is 0 Å². The van der Waals surface area contributed by atoms with Crippen molar-refractivity contribution in [2.75, 3.05) is 16.0 Å². The Morgan fingerprint density at radius 2 is 1.59 bits per heavy atom. The molecule has 0 aliphatic carbocycles. The first-order valence-electron chi connectivity index (χ1n) is 9.83. The third-order valence-electron chi connectivity index (χ3n) is 4.46. The van der Waals surface area contributed by atoms with Gasteiger partial charge >= 0.3 is 0 Å². The maximum absolute atomic E-state index is 13.8. The summed E-state index contributed by atoms with van der Waals surface area (Å²) in [6, 6.07) is 20.6. The second kappa shape index (κ2) is 10.9. The molecule has 0 saturated heterocycles. The number of thiocarbonyl (C=S) groups is 1. The van der Waals surface area contributed by atoms with Gasteiger partial charge in [-0.05, 0) is 80.7 Å². The number of carbonyl (C=O) groups is 2. The van der Waals surface area contributed by atoms with Crippen molar-refractivity contribution in [3.05, 3.63) is 84.2 Å². The highest BCUT2D eigenvalue weighted by Crippen LogP contribution is 2.27. The number of Topliss-reactive ketones (excluding diaryl/α,β-unsaturated/α-hetero) is 1. The van der Waals surface area contributed by atoms with E-state index >= 15 is 0 Å². The van der Waals surface area contributed by atoms with E-state index in [1.165, 1.54) is 30.8 Å². The number of hydrogen-bond donors (Lipinski definition) is 3. The van der Waals surface area contributed by atoms with Gasteiger partial charge in [-0.3, -0.25) is 9.59 Å². The summed E-state index contributed by atoms with van der Waals surface area (Å²) in [5.41, 5.74) is 2.31. The highest BCUT2D eigenvalue weighted by molar-refractivity contribution is 8.00. The standard InChI is InChI=1S/C24H22FN3O2S2/c1-15(29)17-10-12-18(13-11-17)26-24(31)27-19-6-5-7-20(14-19)32-16(2)23(30)28-22-9-4-3-8-21(22)25/h3-14,16H,1-2H3,(H,28,30)(H2,26,27,31). The summed E-state index contributed by atoms with van der Waals surface area (Å²) in [5.74, 6) is -0.755. The maximum Gasteiger partial charge on any atom is 0.237 e. The predicted octanol–water partition coefficient (Wildman–Crippen LogP) is 5.96. The molecule has 5 nitrogen and oxygen atoms in total. The van der Waals surface area contributed by atoms with E-state index in [1.807, 2.05) is 24.3 Å². The molecule has 0 aliphatic heterocycles. The topological polar surface area (TPSA) is 70.2 Å². The molecule has 164 valence electrons. The lowest BCUT2D eigenvalue weighted by Crippen LogP contribution is -2.23. The smallest absolute Gasteiger partial charge is 0.237 e. The number of anilines is 3. The van der Waals surface area contributed by atoms with Crippen molar-refractivity contribution >= 4 is 57.8 Å². The van der Waals surface area contributed by atoms with Crippen LogP contribution in [-0.2, 0) is 4.79 Å². The van der Waals surface area contributed by atoms with Crippen LogP contribution in [0.2, 0.25) is 0 Å². The number of benzene rings is 3. The second-order valence-corrected chi connectivity index (χ2v) is 8.79. The lowest BCUT2D eigenvalue weighted by molar-refractivity contribution is -0.115. The number of ketones is 1. The Labute approximate surface area is 195 Å². The van der Waals surface area contributed by atoms with Gasteiger partial charge in [0.1, 0.15) is 5.82 Å². The summed E-state index contributed by atoms with van der Waals surface area (Å²) in [5, 5.41) is 8.75. The zero-order valence-electron chi connectivity index (χ0n) is 17.5. The fourth-order valence-corrected chi connectivity index (χ4v) is 3.95. The minimum atomic E-state index is -0.471. The van der Waals surface area contributed by atoms with Gasteiger partial charge in [-0.1, -0.05) is 18.2 Å². The van der Waals surface area contributed by atoms with E-state index in [9.17, 15) is 14.0 Å². The summed E-state index contributed by atoms with van der Waals surface area (Å²) in [4.78, 5) is 24.7. The Morgan fingerprint density at radius 3 is 2.28 bits per heavy atom. The number of para-hydroxylation sites is 1. The van der Waals surface area contributed by atoms with Gasteiger partial charge < -0.3 is 16.0 Å². The molecule has 32 heavy (non-hydrogen) atoms. The summed E-state index contributed by atoms with van der Waals surface area (Å²) in [7, 11) is 0. The maximum atomic E-state index is 13.8. The zero-order chi connectivity index (χ0) is 23.1. The molecule has 0 saturated carbocycles. The van der Waals surface area contributed by atoms with Gasteiger partial charge in [-0.15, -0.1) is 11.8 Å². The van der Waals surface area contributed by atoms with E-state index in [0.717, 1.165) is 16.3 Å². The highest BCUT2D eigenvalue weighted by Gasteiger charge is 2.16. The molecular weight excluding hydrogens is 445 g/mol. The van der Waals surface area contributed by atoms with Crippen LogP contribution in [0, 0.1) is 5.82 Å². The average molecular weight is 468 g/mol. The van der Waals surface area contributed by atoms with Crippen molar-refractivity contribution in [3.8, 4) is 0 Å². The number of hydrogen-bond acceptors (Lipinski definition) is 4. The molecule has 1 amide bonds. The van der Waals surface area contributed by atoms with Crippen LogP contribution < -0.4 is 16.0 Å². The van der Waals surface area contributed by atoms with Crippen LogP contribution in [-0.4, -0.2) is 22.1 Å². The summed E-state index contributed by atoms with van der Waals surface area (Å²) >= 11 is 6.72. The number of nitrogens with one attached hydrogen (secondary N) is 3. The molecule has 0 heterocycles. The van der Waals surface area contributed by atoms with E-state index in [-0.39, 0.29) is 17.4 Å². The van der Waals surface area contributed by atoms with E-state index in [1.54, 1.807) is 43.3 Å². The average Bonchev–Trinajstić information content (AvgIpc) is 2.75. The molecule has 0 spiro atoms. The van der Waals surface area contributed by atoms with Gasteiger partial charge in [0.15, 0.2) is 10.9 Å². The third kappa shape index (κ3) is 6.63. The molecule has 0 bridgehead atoms. The Bertz CT molecular complexity index is 1140. The molecule has 3 N–H and O–H groups in total.